The van der Waals surface area contributed by atoms with Crippen LogP contribution in [0.5, 0.6) is 0 Å². The van der Waals surface area contributed by atoms with Gasteiger partial charge in [0.1, 0.15) is 5.56 Å². The summed E-state index contributed by atoms with van der Waals surface area (Å²) in [5.74, 6) is -0.147. The van der Waals surface area contributed by atoms with Gasteiger partial charge in [0.15, 0.2) is 9.84 Å². The van der Waals surface area contributed by atoms with Gasteiger partial charge in [0.05, 0.1) is 17.5 Å². The van der Waals surface area contributed by atoms with Crippen molar-refractivity contribution < 1.29 is 13.2 Å². The zero-order chi connectivity index (χ0) is 18.5. The van der Waals surface area contributed by atoms with Crippen LogP contribution in [0.25, 0.3) is 0 Å². The average Bonchev–Trinajstić information content (AvgIpc) is 2.85. The van der Waals surface area contributed by atoms with Crippen molar-refractivity contribution in [3.05, 3.63) is 33.7 Å². The van der Waals surface area contributed by atoms with Crippen molar-refractivity contribution >= 4 is 15.7 Å². The monoisotopic (exact) mass is 367 g/mol. The molecule has 0 radical (unpaired) electrons. The van der Waals surface area contributed by atoms with Crippen LogP contribution in [0.2, 0.25) is 0 Å². The number of carbonyl (C=O) groups is 1. The molecule has 0 bridgehead atoms. The van der Waals surface area contributed by atoms with Gasteiger partial charge in [-0.15, -0.1) is 0 Å². The summed E-state index contributed by atoms with van der Waals surface area (Å²) in [6.45, 7) is 5.02. The van der Waals surface area contributed by atoms with E-state index in [1.165, 1.54) is 4.57 Å². The molecule has 0 unspecified atom stereocenters. The summed E-state index contributed by atoms with van der Waals surface area (Å²) in [6, 6.07) is 2.81. The minimum atomic E-state index is -3.17. The Morgan fingerprint density at radius 1 is 1.12 bits per heavy atom. The van der Waals surface area contributed by atoms with Crippen molar-refractivity contribution in [1.82, 2.24) is 14.4 Å². The number of nitrogens with zero attached hydrogens (tertiary/aromatic N) is 3. The number of pyridine rings is 1. The van der Waals surface area contributed by atoms with E-state index in [4.69, 9.17) is 0 Å². The van der Waals surface area contributed by atoms with Gasteiger partial charge in [0, 0.05) is 31.9 Å². The molecule has 0 N–H and O–H groups in total. The third kappa shape index (κ3) is 3.13. The molecule has 2 aliphatic rings. The Morgan fingerprint density at radius 2 is 1.76 bits per heavy atom. The van der Waals surface area contributed by atoms with Crippen LogP contribution in [-0.4, -0.2) is 72.4 Å². The maximum atomic E-state index is 13.0. The Bertz CT molecular complexity index is 859. The molecule has 3 heterocycles. The molecule has 0 spiro atoms. The largest absolute Gasteiger partial charge is 0.332 e. The van der Waals surface area contributed by atoms with Crippen molar-refractivity contribution in [2.45, 2.75) is 31.8 Å². The number of carbonyl (C=O) groups excluding carboxylic acids is 1. The fourth-order valence-corrected chi connectivity index (χ4v) is 5.98. The maximum Gasteiger partial charge on any atom is 0.263 e. The molecular weight excluding hydrogens is 342 g/mol. The molecule has 1 amide bonds. The van der Waals surface area contributed by atoms with Gasteiger partial charge in [0.25, 0.3) is 11.5 Å². The summed E-state index contributed by atoms with van der Waals surface area (Å²) >= 11 is 0. The zero-order valence-electron chi connectivity index (χ0n) is 15.1. The average molecular weight is 367 g/mol. The van der Waals surface area contributed by atoms with Crippen LogP contribution < -0.4 is 5.56 Å². The molecule has 0 aromatic carbocycles. The lowest BCUT2D eigenvalue weighted by molar-refractivity contribution is 0.0408. The van der Waals surface area contributed by atoms with Crippen LogP contribution >= 0.6 is 0 Å². The van der Waals surface area contributed by atoms with Crippen LogP contribution in [0.1, 0.15) is 35.8 Å². The number of sulfone groups is 1. The fourth-order valence-electron chi connectivity index (χ4n) is 3.93. The fraction of sp³-hybridized carbons (Fsp3) is 0.647. The third-order valence-electron chi connectivity index (χ3n) is 5.38. The van der Waals surface area contributed by atoms with E-state index in [1.54, 1.807) is 24.1 Å². The number of hydrogen-bond donors (Lipinski definition) is 0. The first-order chi connectivity index (χ1) is 11.6. The van der Waals surface area contributed by atoms with E-state index in [0.29, 0.717) is 13.1 Å². The van der Waals surface area contributed by atoms with E-state index in [2.05, 4.69) is 0 Å². The van der Waals surface area contributed by atoms with Gasteiger partial charge in [-0.2, -0.15) is 0 Å². The van der Waals surface area contributed by atoms with Gasteiger partial charge in [-0.05, 0) is 25.1 Å². The van der Waals surface area contributed by atoms with Crippen molar-refractivity contribution in [2.75, 3.05) is 31.6 Å². The molecule has 0 aliphatic carbocycles. The van der Waals surface area contributed by atoms with Crippen molar-refractivity contribution in [1.29, 1.82) is 0 Å². The quantitative estimate of drug-likeness (QED) is 0.739. The van der Waals surface area contributed by atoms with Crippen molar-refractivity contribution in [2.24, 2.45) is 7.05 Å². The molecular formula is C17H25N3O4S. The molecule has 2 atom stereocenters. The Morgan fingerprint density at radius 3 is 2.40 bits per heavy atom. The van der Waals surface area contributed by atoms with E-state index in [9.17, 15) is 18.0 Å². The Kier molecular flexibility index (Phi) is 4.53. The zero-order valence-corrected chi connectivity index (χ0v) is 15.9. The second-order valence-corrected chi connectivity index (χ2v) is 9.54. The molecule has 138 valence electrons. The van der Waals surface area contributed by atoms with Gasteiger partial charge in [0.2, 0.25) is 0 Å². The summed E-state index contributed by atoms with van der Waals surface area (Å²) in [5, 5.41) is 0. The molecule has 3 rings (SSSR count). The van der Waals surface area contributed by atoms with Crippen molar-refractivity contribution in [3.63, 3.8) is 0 Å². The molecule has 8 heteroatoms. The molecule has 0 saturated carbocycles. The van der Waals surface area contributed by atoms with Gasteiger partial charge in [-0.1, -0.05) is 13.8 Å². The summed E-state index contributed by atoms with van der Waals surface area (Å²) in [4.78, 5) is 29.2. The predicted molar refractivity (Wildman–Crippen MR) is 95.7 cm³/mol. The van der Waals surface area contributed by atoms with E-state index in [-0.39, 0.29) is 46.5 Å². The molecule has 2 fully saturated rings. The molecule has 7 nitrogen and oxygen atoms in total. The van der Waals surface area contributed by atoms with Crippen LogP contribution in [0, 0.1) is 0 Å². The highest BCUT2D eigenvalue weighted by Crippen LogP contribution is 2.27. The minimum Gasteiger partial charge on any atom is -0.332 e. The molecule has 25 heavy (non-hydrogen) atoms. The Balaban J connectivity index is 1.96. The lowest BCUT2D eigenvalue weighted by atomic mass is 10.0. The smallest absolute Gasteiger partial charge is 0.263 e. The normalized spacial score (nSPS) is 26.0. The molecule has 1 aromatic heterocycles. The minimum absolute atomic E-state index is 0.0296. The van der Waals surface area contributed by atoms with Crippen LogP contribution in [0.4, 0.5) is 0 Å². The maximum absolute atomic E-state index is 13.0. The van der Waals surface area contributed by atoms with E-state index in [0.717, 1.165) is 5.69 Å². The van der Waals surface area contributed by atoms with Gasteiger partial charge in [-0.25, -0.2) is 8.42 Å². The molecule has 2 saturated heterocycles. The number of fused-ring (bicyclic) bond motifs is 1. The van der Waals surface area contributed by atoms with Crippen LogP contribution in [-0.2, 0) is 16.9 Å². The van der Waals surface area contributed by atoms with Gasteiger partial charge < -0.3 is 9.47 Å². The second-order valence-electron chi connectivity index (χ2n) is 7.38. The second kappa shape index (κ2) is 6.25. The standard InChI is InChI=1S/C17H25N3O4S/c1-11(2)13-6-5-12(16(21)19(13)4)17(22)20-8-7-18(3)14-9-25(23,24)10-15(14)20/h5-6,11,14-15H,7-10H2,1-4H3/t14-,15+/m1/s1. The Labute approximate surface area is 148 Å². The predicted octanol–water partition coefficient (Wildman–Crippen LogP) is 0.0619. The lowest BCUT2D eigenvalue weighted by Crippen LogP contribution is -2.59. The highest BCUT2D eigenvalue weighted by Gasteiger charge is 2.47. The highest BCUT2D eigenvalue weighted by molar-refractivity contribution is 7.91. The first-order valence-electron chi connectivity index (χ1n) is 8.54. The number of amides is 1. The van der Waals surface area contributed by atoms with Gasteiger partial charge in [-0.3, -0.25) is 14.5 Å². The highest BCUT2D eigenvalue weighted by atomic mass is 32.2. The first kappa shape index (κ1) is 18.1. The van der Waals surface area contributed by atoms with Crippen LogP contribution in [0.3, 0.4) is 0 Å². The van der Waals surface area contributed by atoms with E-state index >= 15 is 0 Å². The molecule has 1 aromatic rings. The summed E-state index contributed by atoms with van der Waals surface area (Å²) in [7, 11) is 0.388. The number of aromatic nitrogens is 1. The third-order valence-corrected chi connectivity index (χ3v) is 7.08. The first-order valence-corrected chi connectivity index (χ1v) is 10.4. The number of piperazine rings is 1. The van der Waals surface area contributed by atoms with Crippen LogP contribution in [0.15, 0.2) is 16.9 Å². The number of rotatable bonds is 2. The lowest BCUT2D eigenvalue weighted by Gasteiger charge is -2.42. The summed E-state index contributed by atoms with van der Waals surface area (Å²) < 4.78 is 25.6. The summed E-state index contributed by atoms with van der Waals surface area (Å²) in [6.07, 6.45) is 0. The summed E-state index contributed by atoms with van der Waals surface area (Å²) in [5.41, 5.74) is 0.647. The number of likely N-dealkylation sites (N-methyl/N-ethyl adjacent to an activating group) is 1. The topological polar surface area (TPSA) is 79.7 Å². The van der Waals surface area contributed by atoms with E-state index < -0.39 is 9.84 Å². The van der Waals surface area contributed by atoms with Gasteiger partial charge >= 0.3 is 0 Å². The number of hydrogen-bond acceptors (Lipinski definition) is 5. The molecule has 2 aliphatic heterocycles. The van der Waals surface area contributed by atoms with E-state index in [1.807, 2.05) is 25.8 Å². The Hall–Kier alpha value is -1.67. The van der Waals surface area contributed by atoms with Crippen molar-refractivity contribution in [3.8, 4) is 0 Å². The SMILES string of the molecule is CC(C)c1ccc(C(=O)N2CCN(C)[C@@H]3CS(=O)(=O)C[C@@H]32)c(=O)n1C.